The van der Waals surface area contributed by atoms with Gasteiger partial charge in [0.15, 0.2) is 5.65 Å². The fraction of sp³-hybridized carbons (Fsp3) is 0.500. The highest BCUT2D eigenvalue weighted by atomic mass is 127. The van der Waals surface area contributed by atoms with Crippen molar-refractivity contribution in [2.75, 3.05) is 25.6 Å². The lowest BCUT2D eigenvalue weighted by Gasteiger charge is -2.11. The summed E-state index contributed by atoms with van der Waals surface area (Å²) in [7, 11) is 3.88. The Bertz CT molecular complexity index is 642. The molecule has 21 heavy (non-hydrogen) atoms. The number of aromatic nitrogens is 4. The van der Waals surface area contributed by atoms with E-state index in [1.165, 1.54) is 0 Å². The van der Waals surface area contributed by atoms with E-state index in [0.717, 1.165) is 33.4 Å². The normalized spacial score (nSPS) is 10.8. The molecule has 0 aromatic carbocycles. The van der Waals surface area contributed by atoms with Crippen LogP contribution in [-0.4, -0.2) is 46.5 Å². The summed E-state index contributed by atoms with van der Waals surface area (Å²) in [5.74, 6) is 0.854. The van der Waals surface area contributed by atoms with Crippen LogP contribution in [-0.2, 0) is 11.3 Å². The number of amides is 1. The zero-order chi connectivity index (χ0) is 15.4. The molecule has 114 valence electrons. The van der Waals surface area contributed by atoms with Gasteiger partial charge in [-0.15, -0.1) is 0 Å². The van der Waals surface area contributed by atoms with Gasteiger partial charge >= 0.3 is 6.09 Å². The average molecular weight is 404 g/mol. The second-order valence-electron chi connectivity index (χ2n) is 4.68. The van der Waals surface area contributed by atoms with E-state index < -0.39 is 6.09 Å². The zero-order valence-corrected chi connectivity index (χ0v) is 14.1. The predicted molar refractivity (Wildman–Crippen MR) is 87.1 cm³/mol. The smallest absolute Gasteiger partial charge is 0.404 e. The second-order valence-corrected chi connectivity index (χ2v) is 5.70. The summed E-state index contributed by atoms with van der Waals surface area (Å²) >= 11 is 2.19. The number of nitrogens with zero attached hydrogens (tertiary/aromatic N) is 5. The van der Waals surface area contributed by atoms with Crippen LogP contribution < -0.4 is 10.6 Å². The molecule has 0 saturated heterocycles. The van der Waals surface area contributed by atoms with Crippen LogP contribution in [0.3, 0.4) is 0 Å². The molecule has 0 atom stereocenters. The van der Waals surface area contributed by atoms with Crippen molar-refractivity contribution in [3.63, 3.8) is 0 Å². The highest BCUT2D eigenvalue weighted by molar-refractivity contribution is 14.1. The van der Waals surface area contributed by atoms with Gasteiger partial charge in [-0.3, -0.25) is 0 Å². The van der Waals surface area contributed by atoms with Crippen molar-refractivity contribution in [1.29, 1.82) is 0 Å². The molecule has 2 aromatic heterocycles. The number of unbranched alkanes of at least 4 members (excludes halogenated alkanes) is 1. The molecule has 8 nitrogen and oxygen atoms in total. The Morgan fingerprint density at radius 1 is 1.43 bits per heavy atom. The van der Waals surface area contributed by atoms with Gasteiger partial charge in [0.05, 0.1) is 12.0 Å². The Labute approximate surface area is 135 Å². The van der Waals surface area contributed by atoms with Gasteiger partial charge in [0.25, 0.3) is 0 Å². The summed E-state index contributed by atoms with van der Waals surface area (Å²) in [5, 5.41) is 5.46. The fourth-order valence-corrected chi connectivity index (χ4v) is 2.73. The van der Waals surface area contributed by atoms with Crippen molar-refractivity contribution in [2.24, 2.45) is 5.73 Å². The molecule has 0 spiro atoms. The van der Waals surface area contributed by atoms with Gasteiger partial charge in [-0.2, -0.15) is 5.10 Å². The summed E-state index contributed by atoms with van der Waals surface area (Å²) < 4.78 is 7.43. The highest BCUT2D eigenvalue weighted by Crippen LogP contribution is 2.26. The Hall–Kier alpha value is -1.65. The maximum absolute atomic E-state index is 10.5. The van der Waals surface area contributed by atoms with Crippen LogP contribution >= 0.6 is 22.6 Å². The van der Waals surface area contributed by atoms with Crippen molar-refractivity contribution in [2.45, 2.75) is 19.4 Å². The molecule has 0 aliphatic carbocycles. The molecule has 0 radical (unpaired) electrons. The molecule has 9 heteroatoms. The van der Waals surface area contributed by atoms with Crippen LogP contribution in [0, 0.1) is 3.70 Å². The van der Waals surface area contributed by atoms with E-state index >= 15 is 0 Å². The van der Waals surface area contributed by atoms with E-state index in [0.29, 0.717) is 13.2 Å². The van der Waals surface area contributed by atoms with Gasteiger partial charge < -0.3 is 15.4 Å². The number of halogens is 1. The molecule has 0 saturated carbocycles. The van der Waals surface area contributed by atoms with E-state index in [2.05, 4.69) is 37.7 Å². The minimum atomic E-state index is -0.738. The van der Waals surface area contributed by atoms with Crippen molar-refractivity contribution < 1.29 is 9.53 Å². The van der Waals surface area contributed by atoms with E-state index in [4.69, 9.17) is 10.5 Å². The lowest BCUT2D eigenvalue weighted by Crippen LogP contribution is -2.14. The maximum atomic E-state index is 10.5. The molecule has 2 aromatic rings. The van der Waals surface area contributed by atoms with E-state index in [9.17, 15) is 4.79 Å². The minimum absolute atomic E-state index is 0.323. The van der Waals surface area contributed by atoms with Gasteiger partial charge in [-0.1, -0.05) is 0 Å². The summed E-state index contributed by atoms with van der Waals surface area (Å²) in [6, 6.07) is 0. The molecule has 0 bridgehead atoms. The molecule has 2 N–H and O–H groups in total. The molecule has 0 unspecified atom stereocenters. The van der Waals surface area contributed by atoms with Gasteiger partial charge in [0, 0.05) is 20.6 Å². The number of rotatable bonds is 6. The third-order valence-electron chi connectivity index (χ3n) is 2.90. The van der Waals surface area contributed by atoms with Gasteiger partial charge in [0.2, 0.25) is 0 Å². The first-order chi connectivity index (χ1) is 10.0. The first kappa shape index (κ1) is 15.7. The minimum Gasteiger partial charge on any atom is -0.450 e. The van der Waals surface area contributed by atoms with Gasteiger partial charge in [-0.05, 0) is 35.4 Å². The zero-order valence-electron chi connectivity index (χ0n) is 11.9. The lowest BCUT2D eigenvalue weighted by atomic mass is 10.3. The van der Waals surface area contributed by atoms with Crippen molar-refractivity contribution in [3.05, 3.63) is 10.0 Å². The quantitative estimate of drug-likeness (QED) is 0.577. The Morgan fingerprint density at radius 3 is 2.86 bits per heavy atom. The first-order valence-corrected chi connectivity index (χ1v) is 7.55. The number of ether oxygens (including phenoxy) is 1. The Balaban J connectivity index is 2.11. The van der Waals surface area contributed by atoms with Crippen molar-refractivity contribution in [3.8, 4) is 0 Å². The summed E-state index contributed by atoms with van der Waals surface area (Å²) in [6.45, 7) is 1.02. The molecule has 2 rings (SSSR count). The predicted octanol–water partition coefficient (Wildman–Crippen LogP) is 1.37. The topological polar surface area (TPSA) is 99.2 Å². The summed E-state index contributed by atoms with van der Waals surface area (Å²) in [6.07, 6.45) is 2.35. The largest absolute Gasteiger partial charge is 0.450 e. The number of fused-ring (bicyclic) bond motifs is 1. The summed E-state index contributed by atoms with van der Waals surface area (Å²) in [4.78, 5) is 21.0. The molecule has 2 heterocycles. The van der Waals surface area contributed by atoms with Crippen LogP contribution in [0.25, 0.3) is 11.0 Å². The molecule has 0 fully saturated rings. The first-order valence-electron chi connectivity index (χ1n) is 6.47. The third-order valence-corrected chi connectivity index (χ3v) is 3.65. The third kappa shape index (κ3) is 3.71. The highest BCUT2D eigenvalue weighted by Gasteiger charge is 2.15. The van der Waals surface area contributed by atoms with E-state index in [1.54, 1.807) is 6.33 Å². The number of aryl methyl sites for hydroxylation is 1. The summed E-state index contributed by atoms with van der Waals surface area (Å²) in [5.41, 5.74) is 5.72. The number of carbonyl (C=O) groups is 1. The standard InChI is InChI=1S/C12H17IN6O2/c1-18(2)10-8-9(13)17-19(11(8)16-7-15-10)5-3-4-6-21-12(14)20/h7H,3-6H2,1-2H3,(H2,14,20). The van der Waals surface area contributed by atoms with Crippen molar-refractivity contribution >= 4 is 45.5 Å². The molecular formula is C12H17IN6O2. The number of hydrogen-bond acceptors (Lipinski definition) is 6. The van der Waals surface area contributed by atoms with Crippen LogP contribution in [0.15, 0.2) is 6.33 Å². The number of anilines is 1. The van der Waals surface area contributed by atoms with Crippen LogP contribution in [0.4, 0.5) is 10.6 Å². The fourth-order valence-electron chi connectivity index (χ4n) is 1.98. The SMILES string of the molecule is CN(C)c1ncnc2c1c(I)nn2CCCCOC(N)=O. The van der Waals surface area contributed by atoms with Gasteiger partial charge in [0.1, 0.15) is 15.8 Å². The number of nitrogens with two attached hydrogens (primary N) is 1. The Morgan fingerprint density at radius 2 is 2.19 bits per heavy atom. The molecule has 0 aliphatic rings. The molecule has 0 aliphatic heterocycles. The van der Waals surface area contributed by atoms with Crippen LogP contribution in [0.1, 0.15) is 12.8 Å². The van der Waals surface area contributed by atoms with Gasteiger partial charge in [-0.25, -0.2) is 19.4 Å². The van der Waals surface area contributed by atoms with E-state index in [1.807, 2.05) is 23.7 Å². The second kappa shape index (κ2) is 6.87. The average Bonchev–Trinajstić information content (AvgIpc) is 2.75. The monoisotopic (exact) mass is 404 g/mol. The van der Waals surface area contributed by atoms with E-state index in [-0.39, 0.29) is 0 Å². The van der Waals surface area contributed by atoms with Crippen LogP contribution in [0.2, 0.25) is 0 Å². The Kier molecular flexibility index (Phi) is 5.15. The van der Waals surface area contributed by atoms with Crippen LogP contribution in [0.5, 0.6) is 0 Å². The van der Waals surface area contributed by atoms with Crippen molar-refractivity contribution in [1.82, 2.24) is 19.7 Å². The lowest BCUT2D eigenvalue weighted by molar-refractivity contribution is 0.154. The number of hydrogen-bond donors (Lipinski definition) is 1. The number of primary amides is 1. The molecule has 1 amide bonds. The maximum Gasteiger partial charge on any atom is 0.404 e. The molecular weight excluding hydrogens is 387 g/mol. The number of carbonyl (C=O) groups excluding carboxylic acids is 1.